The maximum absolute atomic E-state index is 6.48. The van der Waals surface area contributed by atoms with E-state index in [0.717, 1.165) is 28.5 Å². The number of nitrogens with two attached hydrogens (primary N) is 1. The van der Waals surface area contributed by atoms with Gasteiger partial charge in [0.2, 0.25) is 0 Å². The summed E-state index contributed by atoms with van der Waals surface area (Å²) in [5.41, 5.74) is 9.01. The molecule has 2 atom stereocenters. The summed E-state index contributed by atoms with van der Waals surface area (Å²) in [6, 6.07) is 14.2. The number of benzene rings is 2. The van der Waals surface area contributed by atoms with E-state index < -0.39 is 0 Å². The number of thioether (sulfide) groups is 1. The minimum absolute atomic E-state index is 0.0286. The highest BCUT2D eigenvalue weighted by atomic mass is 35.5. The first-order chi connectivity index (χ1) is 10.2. The first-order valence-corrected chi connectivity index (χ1v) is 8.28. The largest absolute Gasteiger partial charge is 0.497 e. The van der Waals surface area contributed by atoms with Crippen LogP contribution in [-0.2, 0) is 6.42 Å². The summed E-state index contributed by atoms with van der Waals surface area (Å²) in [5.74, 6) is 0.901. The van der Waals surface area contributed by atoms with Crippen LogP contribution < -0.4 is 10.5 Å². The molecule has 2 nitrogen and oxygen atoms in total. The molecule has 4 heteroatoms. The third-order valence-corrected chi connectivity index (χ3v) is 5.81. The number of hydrogen-bond acceptors (Lipinski definition) is 3. The third kappa shape index (κ3) is 3.05. The second-order valence-corrected chi connectivity index (χ2v) is 6.90. The van der Waals surface area contributed by atoms with Gasteiger partial charge in [-0.3, -0.25) is 0 Å². The third-order valence-electron chi connectivity index (χ3n) is 3.92. The van der Waals surface area contributed by atoms with Crippen LogP contribution in [0.4, 0.5) is 0 Å². The van der Waals surface area contributed by atoms with Gasteiger partial charge in [0.1, 0.15) is 5.75 Å². The van der Waals surface area contributed by atoms with Gasteiger partial charge >= 0.3 is 0 Å². The van der Waals surface area contributed by atoms with Crippen LogP contribution >= 0.6 is 23.4 Å². The van der Waals surface area contributed by atoms with Crippen LogP contribution in [0.2, 0.25) is 5.02 Å². The lowest BCUT2D eigenvalue weighted by Gasteiger charge is -2.31. The Labute approximate surface area is 134 Å². The lowest BCUT2D eigenvalue weighted by Crippen LogP contribution is -2.29. The normalized spacial score (nSPS) is 20.9. The molecular formula is C17H18ClNOS. The quantitative estimate of drug-likeness (QED) is 0.907. The number of rotatable bonds is 3. The summed E-state index contributed by atoms with van der Waals surface area (Å²) in [5, 5.41) is 1.15. The summed E-state index contributed by atoms with van der Waals surface area (Å²) in [6.45, 7) is 0. The van der Waals surface area contributed by atoms with Gasteiger partial charge in [-0.15, -0.1) is 11.8 Å². The fourth-order valence-electron chi connectivity index (χ4n) is 2.76. The second-order valence-electron chi connectivity index (χ2n) is 5.22. The van der Waals surface area contributed by atoms with Crippen molar-refractivity contribution in [3.05, 3.63) is 58.6 Å². The summed E-state index contributed by atoms with van der Waals surface area (Å²) in [6.07, 6.45) is 2.08. The van der Waals surface area contributed by atoms with E-state index in [1.807, 2.05) is 24.3 Å². The van der Waals surface area contributed by atoms with E-state index in [-0.39, 0.29) is 6.04 Å². The van der Waals surface area contributed by atoms with E-state index in [4.69, 9.17) is 22.1 Å². The van der Waals surface area contributed by atoms with E-state index in [9.17, 15) is 0 Å². The predicted octanol–water partition coefficient (Wildman–Crippen LogP) is 4.46. The molecule has 0 bridgehead atoms. The van der Waals surface area contributed by atoms with Crippen molar-refractivity contribution in [3.63, 3.8) is 0 Å². The number of hydrogen-bond donors (Lipinski definition) is 1. The van der Waals surface area contributed by atoms with Crippen molar-refractivity contribution in [2.24, 2.45) is 5.73 Å². The van der Waals surface area contributed by atoms with E-state index >= 15 is 0 Å². The van der Waals surface area contributed by atoms with Gasteiger partial charge in [-0.05, 0) is 48.2 Å². The van der Waals surface area contributed by atoms with Crippen LogP contribution in [0.3, 0.4) is 0 Å². The fourth-order valence-corrected chi connectivity index (χ4v) is 4.23. The van der Waals surface area contributed by atoms with E-state index in [1.165, 1.54) is 11.1 Å². The van der Waals surface area contributed by atoms with Crippen LogP contribution in [0.5, 0.6) is 5.75 Å². The molecule has 2 unspecified atom stereocenters. The van der Waals surface area contributed by atoms with Gasteiger partial charge in [0.15, 0.2) is 0 Å². The van der Waals surface area contributed by atoms with Crippen molar-refractivity contribution >= 4 is 23.4 Å². The number of halogens is 1. The van der Waals surface area contributed by atoms with Crippen molar-refractivity contribution in [2.75, 3.05) is 7.11 Å². The highest BCUT2D eigenvalue weighted by Crippen LogP contribution is 2.41. The number of ether oxygens (including phenoxy) is 1. The summed E-state index contributed by atoms with van der Waals surface area (Å²) in [7, 11) is 1.69. The molecule has 0 heterocycles. The predicted molar refractivity (Wildman–Crippen MR) is 89.3 cm³/mol. The zero-order chi connectivity index (χ0) is 14.8. The lowest BCUT2D eigenvalue weighted by atomic mass is 9.87. The highest BCUT2D eigenvalue weighted by molar-refractivity contribution is 8.00. The Balaban J connectivity index is 1.82. The standard InChI is InChI=1S/C17H18ClNOS/c1-20-12-7-8-13-11(10-12)6-9-16(17(13)19)21-15-5-3-2-4-14(15)18/h2-5,7-8,10,16-17H,6,9,19H2,1H3. The molecule has 0 spiro atoms. The van der Waals surface area contributed by atoms with E-state index in [0.29, 0.717) is 5.25 Å². The molecule has 21 heavy (non-hydrogen) atoms. The topological polar surface area (TPSA) is 35.2 Å². The average Bonchev–Trinajstić information content (AvgIpc) is 2.51. The molecular weight excluding hydrogens is 302 g/mol. The fraction of sp³-hybridized carbons (Fsp3) is 0.294. The number of aryl methyl sites for hydroxylation is 1. The van der Waals surface area contributed by atoms with Crippen molar-refractivity contribution in [3.8, 4) is 5.75 Å². The van der Waals surface area contributed by atoms with Gasteiger partial charge in [0.05, 0.1) is 12.1 Å². The molecule has 1 aliphatic rings. The van der Waals surface area contributed by atoms with E-state index in [1.54, 1.807) is 18.9 Å². The molecule has 0 aliphatic heterocycles. The Morgan fingerprint density at radius 1 is 1.24 bits per heavy atom. The molecule has 110 valence electrons. The molecule has 2 N–H and O–H groups in total. The Morgan fingerprint density at radius 3 is 2.81 bits per heavy atom. The van der Waals surface area contributed by atoms with Gasteiger partial charge in [-0.1, -0.05) is 29.8 Å². The molecule has 0 aromatic heterocycles. The SMILES string of the molecule is COc1ccc2c(c1)CCC(Sc1ccccc1Cl)C2N. The van der Waals surface area contributed by atoms with Crippen molar-refractivity contribution in [1.82, 2.24) is 0 Å². The molecule has 1 aliphatic carbocycles. The van der Waals surface area contributed by atoms with Gasteiger partial charge in [-0.25, -0.2) is 0 Å². The van der Waals surface area contributed by atoms with Crippen LogP contribution in [0.15, 0.2) is 47.4 Å². The molecule has 0 fully saturated rings. The lowest BCUT2D eigenvalue weighted by molar-refractivity contribution is 0.413. The Kier molecular flexibility index (Phi) is 4.43. The molecule has 0 saturated heterocycles. The maximum atomic E-state index is 6.48. The Hall–Kier alpha value is -1.16. The van der Waals surface area contributed by atoms with Crippen molar-refractivity contribution in [1.29, 1.82) is 0 Å². The average molecular weight is 320 g/mol. The molecule has 2 aromatic rings. The van der Waals surface area contributed by atoms with Gasteiger partial charge in [0.25, 0.3) is 0 Å². The summed E-state index contributed by atoms with van der Waals surface area (Å²) >= 11 is 8.04. The molecule has 3 rings (SSSR count). The monoisotopic (exact) mass is 319 g/mol. The highest BCUT2D eigenvalue weighted by Gasteiger charge is 2.28. The Bertz CT molecular complexity index is 646. The first-order valence-electron chi connectivity index (χ1n) is 7.02. The van der Waals surface area contributed by atoms with Crippen LogP contribution in [0, 0.1) is 0 Å². The first kappa shape index (κ1) is 14.8. The number of fused-ring (bicyclic) bond motifs is 1. The molecule has 0 saturated carbocycles. The zero-order valence-corrected chi connectivity index (χ0v) is 13.5. The molecule has 0 radical (unpaired) electrons. The van der Waals surface area contributed by atoms with Gasteiger partial charge < -0.3 is 10.5 Å². The Morgan fingerprint density at radius 2 is 2.05 bits per heavy atom. The van der Waals surface area contributed by atoms with E-state index in [2.05, 4.69) is 18.2 Å². The maximum Gasteiger partial charge on any atom is 0.119 e. The minimum Gasteiger partial charge on any atom is -0.497 e. The van der Waals surface area contributed by atoms with Crippen molar-refractivity contribution < 1.29 is 4.74 Å². The second kappa shape index (κ2) is 6.30. The molecule has 2 aromatic carbocycles. The smallest absolute Gasteiger partial charge is 0.119 e. The minimum atomic E-state index is 0.0286. The van der Waals surface area contributed by atoms with Crippen LogP contribution in [0.1, 0.15) is 23.6 Å². The zero-order valence-electron chi connectivity index (χ0n) is 11.9. The number of methoxy groups -OCH3 is 1. The van der Waals surface area contributed by atoms with Crippen LogP contribution in [-0.4, -0.2) is 12.4 Å². The molecule has 0 amide bonds. The summed E-state index contributed by atoms with van der Waals surface area (Å²) < 4.78 is 5.29. The van der Waals surface area contributed by atoms with Gasteiger partial charge in [0, 0.05) is 16.2 Å². The summed E-state index contributed by atoms with van der Waals surface area (Å²) in [4.78, 5) is 1.11. The van der Waals surface area contributed by atoms with Crippen LogP contribution in [0.25, 0.3) is 0 Å². The van der Waals surface area contributed by atoms with Gasteiger partial charge in [-0.2, -0.15) is 0 Å². The van der Waals surface area contributed by atoms with Crippen molar-refractivity contribution in [2.45, 2.75) is 29.0 Å².